The first-order valence-electron chi connectivity index (χ1n) is 5.48. The molecule has 0 bridgehead atoms. The Kier molecular flexibility index (Phi) is 4.28. The molecule has 2 aromatic rings. The van der Waals surface area contributed by atoms with Gasteiger partial charge in [-0.25, -0.2) is 0 Å². The van der Waals surface area contributed by atoms with Crippen LogP contribution >= 0.6 is 22.9 Å². The average Bonchev–Trinajstić information content (AvgIpc) is 2.74. The van der Waals surface area contributed by atoms with Gasteiger partial charge in [-0.15, -0.1) is 10.2 Å². The van der Waals surface area contributed by atoms with E-state index in [0.29, 0.717) is 23.0 Å². The van der Waals surface area contributed by atoms with Crippen LogP contribution in [-0.4, -0.2) is 16.1 Å². The standard InChI is InChI=1S/C12H12ClN3OS/c1-8-15-16-12(18-8)14-11(17)7-6-9-4-2-3-5-10(9)13/h2-5H,6-7H2,1H3,(H,14,16,17). The zero-order chi connectivity index (χ0) is 13.0. The fourth-order valence-corrected chi connectivity index (χ4v) is 2.32. The molecule has 0 unspecified atom stereocenters. The van der Waals surface area contributed by atoms with Gasteiger partial charge in [0.05, 0.1) is 0 Å². The largest absolute Gasteiger partial charge is 0.301 e. The number of carbonyl (C=O) groups excluding carboxylic acids is 1. The van der Waals surface area contributed by atoms with Gasteiger partial charge < -0.3 is 5.32 Å². The third-order valence-electron chi connectivity index (χ3n) is 2.35. The van der Waals surface area contributed by atoms with Crippen molar-refractivity contribution in [3.63, 3.8) is 0 Å². The molecule has 0 aliphatic carbocycles. The lowest BCUT2D eigenvalue weighted by atomic mass is 10.1. The number of rotatable bonds is 4. The van der Waals surface area contributed by atoms with Gasteiger partial charge in [0.15, 0.2) is 0 Å². The van der Waals surface area contributed by atoms with Crippen molar-refractivity contribution < 1.29 is 4.79 Å². The van der Waals surface area contributed by atoms with Crippen LogP contribution in [-0.2, 0) is 11.2 Å². The highest BCUT2D eigenvalue weighted by Crippen LogP contribution is 2.18. The topological polar surface area (TPSA) is 54.9 Å². The maximum Gasteiger partial charge on any atom is 0.226 e. The number of nitrogens with zero attached hydrogens (tertiary/aromatic N) is 2. The van der Waals surface area contributed by atoms with E-state index >= 15 is 0 Å². The molecule has 1 amide bonds. The summed E-state index contributed by atoms with van der Waals surface area (Å²) in [5.74, 6) is -0.0777. The van der Waals surface area contributed by atoms with Crippen LogP contribution in [0, 0.1) is 6.92 Å². The van der Waals surface area contributed by atoms with E-state index in [1.54, 1.807) is 0 Å². The highest BCUT2D eigenvalue weighted by atomic mass is 35.5. The van der Waals surface area contributed by atoms with Crippen molar-refractivity contribution in [2.75, 3.05) is 5.32 Å². The summed E-state index contributed by atoms with van der Waals surface area (Å²) in [6, 6.07) is 7.52. The van der Waals surface area contributed by atoms with Crippen molar-refractivity contribution in [1.29, 1.82) is 0 Å². The minimum atomic E-state index is -0.0777. The predicted octanol–water partition coefficient (Wildman–Crippen LogP) is 3.07. The number of aryl methyl sites for hydroxylation is 2. The minimum Gasteiger partial charge on any atom is -0.301 e. The summed E-state index contributed by atoms with van der Waals surface area (Å²) in [4.78, 5) is 11.7. The van der Waals surface area contributed by atoms with Crippen LogP contribution in [0.5, 0.6) is 0 Å². The molecule has 0 fully saturated rings. The molecule has 0 aliphatic rings. The third kappa shape index (κ3) is 3.51. The molecule has 0 atom stereocenters. The van der Waals surface area contributed by atoms with Crippen LogP contribution in [0.1, 0.15) is 17.0 Å². The second-order valence-electron chi connectivity index (χ2n) is 3.77. The van der Waals surface area contributed by atoms with E-state index in [1.165, 1.54) is 11.3 Å². The molecule has 1 heterocycles. The van der Waals surface area contributed by atoms with Crippen LogP contribution in [0.4, 0.5) is 5.13 Å². The van der Waals surface area contributed by atoms with E-state index < -0.39 is 0 Å². The van der Waals surface area contributed by atoms with Gasteiger partial charge in [-0.1, -0.05) is 41.1 Å². The Balaban J connectivity index is 1.87. The van der Waals surface area contributed by atoms with Crippen molar-refractivity contribution in [2.24, 2.45) is 0 Å². The quantitative estimate of drug-likeness (QED) is 0.937. The molecule has 0 saturated carbocycles. The molecular formula is C12H12ClN3OS. The highest BCUT2D eigenvalue weighted by molar-refractivity contribution is 7.15. The van der Waals surface area contributed by atoms with Crippen molar-refractivity contribution in [3.8, 4) is 0 Å². The summed E-state index contributed by atoms with van der Waals surface area (Å²) in [7, 11) is 0. The molecule has 0 spiro atoms. The van der Waals surface area contributed by atoms with Crippen molar-refractivity contribution in [2.45, 2.75) is 19.8 Å². The first kappa shape index (κ1) is 13.0. The van der Waals surface area contributed by atoms with Gasteiger partial charge >= 0.3 is 0 Å². The van der Waals surface area contributed by atoms with E-state index in [4.69, 9.17) is 11.6 Å². The van der Waals surface area contributed by atoms with Gasteiger partial charge in [-0.2, -0.15) is 0 Å². The Morgan fingerprint density at radius 2 is 2.17 bits per heavy atom. The van der Waals surface area contributed by atoms with Gasteiger partial charge in [0, 0.05) is 11.4 Å². The summed E-state index contributed by atoms with van der Waals surface area (Å²) < 4.78 is 0. The molecule has 2 rings (SSSR count). The Labute approximate surface area is 114 Å². The smallest absolute Gasteiger partial charge is 0.226 e. The molecular weight excluding hydrogens is 270 g/mol. The number of nitrogens with one attached hydrogen (secondary N) is 1. The first-order chi connectivity index (χ1) is 8.65. The van der Waals surface area contributed by atoms with Gasteiger partial charge in [-0.05, 0) is 25.0 Å². The summed E-state index contributed by atoms with van der Waals surface area (Å²) >= 11 is 7.38. The molecule has 6 heteroatoms. The van der Waals surface area contributed by atoms with Crippen LogP contribution in [0.2, 0.25) is 5.02 Å². The predicted molar refractivity (Wildman–Crippen MR) is 73.0 cm³/mol. The second kappa shape index (κ2) is 5.93. The average molecular weight is 282 g/mol. The van der Waals surface area contributed by atoms with Crippen molar-refractivity contribution >= 4 is 34.0 Å². The Morgan fingerprint density at radius 1 is 1.39 bits per heavy atom. The molecule has 1 aromatic heterocycles. The molecule has 94 valence electrons. The molecule has 1 aromatic carbocycles. The Morgan fingerprint density at radius 3 is 2.83 bits per heavy atom. The molecule has 0 saturated heterocycles. The fraction of sp³-hybridized carbons (Fsp3) is 0.250. The van der Waals surface area contributed by atoms with Gasteiger partial charge in [0.2, 0.25) is 11.0 Å². The van der Waals surface area contributed by atoms with Gasteiger partial charge in [0.25, 0.3) is 0 Å². The minimum absolute atomic E-state index is 0.0777. The molecule has 0 radical (unpaired) electrons. The monoisotopic (exact) mass is 281 g/mol. The first-order valence-corrected chi connectivity index (χ1v) is 6.68. The van der Waals surface area contributed by atoms with Crippen LogP contribution < -0.4 is 5.32 Å². The number of halogens is 1. The number of benzene rings is 1. The molecule has 18 heavy (non-hydrogen) atoms. The Bertz CT molecular complexity index is 556. The lowest BCUT2D eigenvalue weighted by Gasteiger charge is -2.03. The third-order valence-corrected chi connectivity index (χ3v) is 3.47. The SMILES string of the molecule is Cc1nnc(NC(=O)CCc2ccccc2Cl)s1. The van der Waals surface area contributed by atoms with E-state index in [0.717, 1.165) is 10.6 Å². The molecule has 4 nitrogen and oxygen atoms in total. The second-order valence-corrected chi connectivity index (χ2v) is 5.35. The van der Waals surface area contributed by atoms with Crippen LogP contribution in [0.3, 0.4) is 0 Å². The number of amides is 1. The van der Waals surface area contributed by atoms with E-state index in [9.17, 15) is 4.79 Å². The van der Waals surface area contributed by atoms with Crippen LogP contribution in [0.25, 0.3) is 0 Å². The number of aromatic nitrogens is 2. The lowest BCUT2D eigenvalue weighted by molar-refractivity contribution is -0.116. The summed E-state index contributed by atoms with van der Waals surface area (Å²) in [6.07, 6.45) is 0.992. The normalized spacial score (nSPS) is 10.3. The van der Waals surface area contributed by atoms with Gasteiger partial charge in [0.1, 0.15) is 5.01 Å². The van der Waals surface area contributed by atoms with E-state index in [-0.39, 0.29) is 5.91 Å². The Hall–Kier alpha value is -1.46. The summed E-state index contributed by atoms with van der Waals surface area (Å²) in [5.41, 5.74) is 0.975. The number of anilines is 1. The van der Waals surface area contributed by atoms with Gasteiger partial charge in [-0.3, -0.25) is 4.79 Å². The summed E-state index contributed by atoms with van der Waals surface area (Å²) in [5, 5.41) is 12.4. The molecule has 1 N–H and O–H groups in total. The maximum atomic E-state index is 11.7. The summed E-state index contributed by atoms with van der Waals surface area (Å²) in [6.45, 7) is 1.84. The number of carbonyl (C=O) groups is 1. The number of hydrogen-bond donors (Lipinski definition) is 1. The zero-order valence-corrected chi connectivity index (χ0v) is 11.4. The van der Waals surface area contributed by atoms with Crippen LogP contribution in [0.15, 0.2) is 24.3 Å². The van der Waals surface area contributed by atoms with E-state index in [2.05, 4.69) is 15.5 Å². The van der Waals surface area contributed by atoms with Crippen molar-refractivity contribution in [1.82, 2.24) is 10.2 Å². The fourth-order valence-electron chi connectivity index (χ4n) is 1.48. The van der Waals surface area contributed by atoms with E-state index in [1.807, 2.05) is 31.2 Å². The highest BCUT2D eigenvalue weighted by Gasteiger charge is 2.07. The van der Waals surface area contributed by atoms with Crippen molar-refractivity contribution in [3.05, 3.63) is 39.9 Å². The zero-order valence-electron chi connectivity index (χ0n) is 9.81. The maximum absolute atomic E-state index is 11.7. The lowest BCUT2D eigenvalue weighted by Crippen LogP contribution is -2.12. The number of hydrogen-bond acceptors (Lipinski definition) is 4. The molecule has 0 aliphatic heterocycles.